The van der Waals surface area contributed by atoms with E-state index in [9.17, 15) is 0 Å². The number of hydrogen-bond donors (Lipinski definition) is 1. The number of hydrogen-bond acceptors (Lipinski definition) is 2. The quantitative estimate of drug-likeness (QED) is 0.688. The minimum atomic E-state index is -0.265. The standard InChI is InChI=1S/C10H16N2/c1-7-5-9(10(3,4)11)6-8(2)12-7/h5-6H,11H2,1-4H3. The number of pyridine rings is 1. The topological polar surface area (TPSA) is 38.9 Å². The van der Waals surface area contributed by atoms with Crippen LogP contribution in [-0.2, 0) is 5.54 Å². The molecule has 0 spiro atoms. The van der Waals surface area contributed by atoms with Crippen LogP contribution in [0.15, 0.2) is 12.1 Å². The van der Waals surface area contributed by atoms with Crippen LogP contribution in [0.1, 0.15) is 30.8 Å². The van der Waals surface area contributed by atoms with E-state index >= 15 is 0 Å². The molecule has 1 aromatic heterocycles. The molecule has 0 amide bonds. The zero-order valence-corrected chi connectivity index (χ0v) is 8.18. The van der Waals surface area contributed by atoms with Gasteiger partial charge in [-0.05, 0) is 45.4 Å². The van der Waals surface area contributed by atoms with Crippen LogP contribution < -0.4 is 5.73 Å². The van der Waals surface area contributed by atoms with Crippen LogP contribution >= 0.6 is 0 Å². The van der Waals surface area contributed by atoms with Gasteiger partial charge in [0, 0.05) is 16.9 Å². The van der Waals surface area contributed by atoms with E-state index in [1.54, 1.807) is 0 Å². The number of rotatable bonds is 1. The predicted octanol–water partition coefficient (Wildman–Crippen LogP) is 1.89. The van der Waals surface area contributed by atoms with Crippen LogP contribution in [-0.4, -0.2) is 4.98 Å². The van der Waals surface area contributed by atoms with Crippen LogP contribution in [0.4, 0.5) is 0 Å². The summed E-state index contributed by atoms with van der Waals surface area (Å²) in [5.41, 5.74) is 8.91. The molecule has 2 nitrogen and oxygen atoms in total. The summed E-state index contributed by atoms with van der Waals surface area (Å²) >= 11 is 0. The molecule has 0 saturated heterocycles. The summed E-state index contributed by atoms with van der Waals surface area (Å²) in [6.07, 6.45) is 0. The number of nitrogens with zero attached hydrogens (tertiary/aromatic N) is 1. The van der Waals surface area contributed by atoms with Gasteiger partial charge < -0.3 is 5.73 Å². The Bertz CT molecular complexity index is 264. The van der Waals surface area contributed by atoms with E-state index in [2.05, 4.69) is 4.98 Å². The van der Waals surface area contributed by atoms with E-state index < -0.39 is 0 Å². The molecule has 0 aromatic carbocycles. The maximum atomic E-state index is 5.97. The summed E-state index contributed by atoms with van der Waals surface area (Å²) in [6, 6.07) is 4.07. The van der Waals surface area contributed by atoms with Crippen molar-refractivity contribution < 1.29 is 0 Å². The lowest BCUT2D eigenvalue weighted by Gasteiger charge is -2.19. The minimum absolute atomic E-state index is 0.265. The molecule has 2 heteroatoms. The van der Waals surface area contributed by atoms with Crippen molar-refractivity contribution in [3.05, 3.63) is 29.1 Å². The summed E-state index contributed by atoms with van der Waals surface area (Å²) in [4.78, 5) is 4.29. The van der Waals surface area contributed by atoms with Gasteiger partial charge in [0.05, 0.1) is 0 Å². The van der Waals surface area contributed by atoms with Gasteiger partial charge in [-0.15, -0.1) is 0 Å². The largest absolute Gasteiger partial charge is 0.322 e. The van der Waals surface area contributed by atoms with E-state index in [4.69, 9.17) is 5.73 Å². The Morgan fingerprint density at radius 3 is 1.92 bits per heavy atom. The van der Waals surface area contributed by atoms with Crippen molar-refractivity contribution in [1.82, 2.24) is 4.98 Å². The first-order valence-electron chi connectivity index (χ1n) is 4.14. The Balaban J connectivity index is 3.18. The van der Waals surface area contributed by atoms with Crippen molar-refractivity contribution in [3.8, 4) is 0 Å². The molecule has 0 aliphatic rings. The van der Waals surface area contributed by atoms with Gasteiger partial charge in [-0.25, -0.2) is 0 Å². The smallest absolute Gasteiger partial charge is 0.0379 e. The highest BCUT2D eigenvalue weighted by Gasteiger charge is 2.14. The van der Waals surface area contributed by atoms with Gasteiger partial charge in [0.1, 0.15) is 0 Å². The molecule has 0 saturated carbocycles. The van der Waals surface area contributed by atoms with Crippen molar-refractivity contribution in [2.45, 2.75) is 33.2 Å². The third kappa shape index (κ3) is 2.05. The molecule has 0 aliphatic carbocycles. The molecule has 1 aromatic rings. The highest BCUT2D eigenvalue weighted by atomic mass is 14.7. The first-order chi connectivity index (χ1) is 5.39. The normalized spacial score (nSPS) is 11.8. The second-order valence-corrected chi connectivity index (χ2v) is 3.86. The van der Waals surface area contributed by atoms with Crippen molar-refractivity contribution in [1.29, 1.82) is 0 Å². The first-order valence-corrected chi connectivity index (χ1v) is 4.14. The van der Waals surface area contributed by atoms with Crippen molar-refractivity contribution in [2.24, 2.45) is 5.73 Å². The van der Waals surface area contributed by atoms with Crippen LogP contribution in [0, 0.1) is 13.8 Å². The molecule has 0 radical (unpaired) electrons. The van der Waals surface area contributed by atoms with Gasteiger partial charge in [0.15, 0.2) is 0 Å². The van der Waals surface area contributed by atoms with Crippen molar-refractivity contribution >= 4 is 0 Å². The lowest BCUT2D eigenvalue weighted by Crippen LogP contribution is -2.28. The average Bonchev–Trinajstić information content (AvgIpc) is 1.82. The van der Waals surface area contributed by atoms with E-state index in [1.807, 2.05) is 39.8 Å². The third-order valence-electron chi connectivity index (χ3n) is 1.83. The fourth-order valence-electron chi connectivity index (χ4n) is 1.21. The molecule has 0 fully saturated rings. The molecule has 2 N–H and O–H groups in total. The molecule has 1 rings (SSSR count). The maximum Gasteiger partial charge on any atom is 0.0379 e. The van der Waals surface area contributed by atoms with Gasteiger partial charge in [-0.2, -0.15) is 0 Å². The highest BCUT2D eigenvalue weighted by Crippen LogP contribution is 2.17. The van der Waals surface area contributed by atoms with Gasteiger partial charge in [0.25, 0.3) is 0 Å². The zero-order valence-electron chi connectivity index (χ0n) is 8.18. The number of aromatic nitrogens is 1. The second-order valence-electron chi connectivity index (χ2n) is 3.86. The van der Waals surface area contributed by atoms with Crippen LogP contribution in [0.25, 0.3) is 0 Å². The summed E-state index contributed by atoms with van der Waals surface area (Å²) in [5, 5.41) is 0. The van der Waals surface area contributed by atoms with E-state index in [0.717, 1.165) is 17.0 Å². The average molecular weight is 164 g/mol. The monoisotopic (exact) mass is 164 g/mol. The maximum absolute atomic E-state index is 5.97. The van der Waals surface area contributed by atoms with Crippen LogP contribution in [0.3, 0.4) is 0 Å². The Morgan fingerprint density at radius 2 is 1.58 bits per heavy atom. The minimum Gasteiger partial charge on any atom is -0.322 e. The van der Waals surface area contributed by atoms with E-state index in [0.29, 0.717) is 0 Å². The summed E-state index contributed by atoms with van der Waals surface area (Å²) < 4.78 is 0. The van der Waals surface area contributed by atoms with Gasteiger partial charge in [-0.1, -0.05) is 0 Å². The Morgan fingerprint density at radius 1 is 1.17 bits per heavy atom. The molecular formula is C10H16N2. The number of nitrogens with two attached hydrogens (primary N) is 1. The highest BCUT2D eigenvalue weighted by molar-refractivity contribution is 5.25. The second kappa shape index (κ2) is 2.87. The third-order valence-corrected chi connectivity index (χ3v) is 1.83. The van der Waals surface area contributed by atoms with Crippen molar-refractivity contribution in [2.75, 3.05) is 0 Å². The molecule has 0 atom stereocenters. The SMILES string of the molecule is Cc1cc(C(C)(C)N)cc(C)n1. The van der Waals surface area contributed by atoms with Gasteiger partial charge >= 0.3 is 0 Å². The number of aryl methyl sites for hydroxylation is 2. The first kappa shape index (κ1) is 9.20. The van der Waals surface area contributed by atoms with E-state index in [-0.39, 0.29) is 5.54 Å². The molecule has 0 bridgehead atoms. The molecule has 1 heterocycles. The lowest BCUT2D eigenvalue weighted by molar-refractivity contribution is 0.552. The van der Waals surface area contributed by atoms with Crippen molar-refractivity contribution in [3.63, 3.8) is 0 Å². The Kier molecular flexibility index (Phi) is 2.20. The molecular weight excluding hydrogens is 148 g/mol. The molecule has 12 heavy (non-hydrogen) atoms. The zero-order chi connectivity index (χ0) is 9.35. The van der Waals surface area contributed by atoms with Crippen LogP contribution in [0.2, 0.25) is 0 Å². The fourth-order valence-corrected chi connectivity index (χ4v) is 1.21. The van der Waals surface area contributed by atoms with E-state index in [1.165, 1.54) is 0 Å². The molecule has 0 aliphatic heterocycles. The van der Waals surface area contributed by atoms with Gasteiger partial charge in [-0.3, -0.25) is 4.98 Å². The lowest BCUT2D eigenvalue weighted by atomic mass is 9.95. The summed E-state index contributed by atoms with van der Waals surface area (Å²) in [5.74, 6) is 0. The van der Waals surface area contributed by atoms with Gasteiger partial charge in [0.2, 0.25) is 0 Å². The molecule has 0 unspecified atom stereocenters. The Hall–Kier alpha value is -0.890. The summed E-state index contributed by atoms with van der Waals surface area (Å²) in [7, 11) is 0. The predicted molar refractivity (Wildman–Crippen MR) is 50.9 cm³/mol. The fraction of sp³-hybridized carbons (Fsp3) is 0.500. The summed E-state index contributed by atoms with van der Waals surface area (Å²) in [6.45, 7) is 7.98. The van der Waals surface area contributed by atoms with Crippen LogP contribution in [0.5, 0.6) is 0 Å². The molecule has 66 valence electrons. The Labute approximate surface area is 73.8 Å².